The molecule has 1 saturated heterocycles. The quantitative estimate of drug-likeness (QED) is 0.881. The second-order valence-electron chi connectivity index (χ2n) is 6.44. The summed E-state index contributed by atoms with van der Waals surface area (Å²) in [4.78, 5) is 26.0. The lowest BCUT2D eigenvalue weighted by Gasteiger charge is -2.17. The molecule has 0 radical (unpaired) electrons. The molecule has 5 nitrogen and oxygen atoms in total. The monoisotopic (exact) mass is 337 g/mol. The molecule has 1 heterocycles. The number of rotatable bonds is 5. The summed E-state index contributed by atoms with van der Waals surface area (Å²) in [6.07, 6.45) is 0.784. The first-order valence-corrected chi connectivity index (χ1v) is 8.55. The number of anilines is 1. The van der Waals surface area contributed by atoms with Gasteiger partial charge >= 0.3 is 6.03 Å². The molecule has 0 aromatic heterocycles. The zero-order chi connectivity index (χ0) is 17.8. The lowest BCUT2D eigenvalue weighted by molar-refractivity contribution is 0.0940. The van der Waals surface area contributed by atoms with E-state index in [2.05, 4.69) is 29.7 Å². The van der Waals surface area contributed by atoms with Gasteiger partial charge < -0.3 is 10.6 Å². The summed E-state index contributed by atoms with van der Waals surface area (Å²) >= 11 is 0. The summed E-state index contributed by atoms with van der Waals surface area (Å²) in [5.41, 5.74) is 3.77. The normalized spacial score (nSPS) is 15.0. The lowest BCUT2D eigenvalue weighted by Crippen LogP contribution is -2.34. The van der Waals surface area contributed by atoms with Crippen molar-refractivity contribution >= 4 is 17.6 Å². The van der Waals surface area contributed by atoms with E-state index in [4.69, 9.17) is 0 Å². The van der Waals surface area contributed by atoms with Crippen molar-refractivity contribution in [2.45, 2.75) is 26.3 Å². The maximum atomic E-state index is 12.5. The molecule has 1 atom stereocenters. The third-order valence-corrected chi connectivity index (χ3v) is 4.44. The van der Waals surface area contributed by atoms with Gasteiger partial charge in [-0.15, -0.1) is 0 Å². The van der Waals surface area contributed by atoms with Crippen LogP contribution in [0.3, 0.4) is 0 Å². The Balaban J connectivity index is 1.67. The van der Waals surface area contributed by atoms with Gasteiger partial charge in [0.2, 0.25) is 0 Å². The van der Waals surface area contributed by atoms with E-state index >= 15 is 0 Å². The van der Waals surface area contributed by atoms with Gasteiger partial charge in [0.05, 0.1) is 0 Å². The molecule has 1 aliphatic rings. The van der Waals surface area contributed by atoms with Gasteiger partial charge in [-0.05, 0) is 49.6 Å². The van der Waals surface area contributed by atoms with Crippen molar-refractivity contribution in [3.8, 4) is 0 Å². The molecule has 1 fully saturated rings. The van der Waals surface area contributed by atoms with Crippen LogP contribution in [0.2, 0.25) is 0 Å². The Hall–Kier alpha value is -2.82. The van der Waals surface area contributed by atoms with Crippen LogP contribution in [0.5, 0.6) is 0 Å². The second kappa shape index (κ2) is 7.38. The average Bonchev–Trinajstić information content (AvgIpc) is 3.03. The minimum Gasteiger partial charge on any atom is -0.349 e. The van der Waals surface area contributed by atoms with Crippen molar-refractivity contribution in [1.29, 1.82) is 0 Å². The zero-order valence-electron chi connectivity index (χ0n) is 14.6. The minimum absolute atomic E-state index is 0.0207. The molecular weight excluding hydrogens is 314 g/mol. The van der Waals surface area contributed by atoms with Crippen molar-refractivity contribution in [1.82, 2.24) is 10.6 Å². The first kappa shape index (κ1) is 17.0. The van der Waals surface area contributed by atoms with E-state index in [1.54, 1.807) is 17.0 Å². The van der Waals surface area contributed by atoms with Gasteiger partial charge in [-0.1, -0.05) is 30.3 Å². The van der Waals surface area contributed by atoms with E-state index < -0.39 is 0 Å². The molecule has 2 aromatic carbocycles. The molecule has 0 bridgehead atoms. The summed E-state index contributed by atoms with van der Waals surface area (Å²) in [6, 6.07) is 15.3. The van der Waals surface area contributed by atoms with E-state index in [9.17, 15) is 9.59 Å². The first-order valence-electron chi connectivity index (χ1n) is 8.55. The van der Waals surface area contributed by atoms with Crippen LogP contribution < -0.4 is 15.5 Å². The number of amides is 3. The molecule has 2 N–H and O–H groups in total. The van der Waals surface area contributed by atoms with Crippen molar-refractivity contribution in [2.24, 2.45) is 0 Å². The maximum Gasteiger partial charge on any atom is 0.321 e. The molecule has 25 heavy (non-hydrogen) atoms. The predicted molar refractivity (Wildman–Crippen MR) is 99.0 cm³/mol. The predicted octanol–water partition coefficient (Wildman–Crippen LogP) is 2.89. The Labute approximate surface area is 148 Å². The number of hydrogen-bond donors (Lipinski definition) is 2. The highest BCUT2D eigenvalue weighted by Gasteiger charge is 2.22. The molecule has 3 amide bonds. The largest absolute Gasteiger partial charge is 0.349 e. The average molecular weight is 337 g/mol. The van der Waals surface area contributed by atoms with E-state index in [1.807, 2.05) is 31.2 Å². The molecule has 0 aliphatic carbocycles. The Kier molecular flexibility index (Phi) is 5.03. The molecule has 130 valence electrons. The molecule has 5 heteroatoms. The third kappa shape index (κ3) is 3.99. The Morgan fingerprint density at radius 1 is 1.24 bits per heavy atom. The number of hydrogen-bond acceptors (Lipinski definition) is 2. The van der Waals surface area contributed by atoms with Crippen molar-refractivity contribution < 1.29 is 9.59 Å². The number of benzene rings is 2. The van der Waals surface area contributed by atoms with Crippen LogP contribution in [-0.2, 0) is 6.42 Å². The van der Waals surface area contributed by atoms with Gasteiger partial charge in [-0.25, -0.2) is 4.79 Å². The van der Waals surface area contributed by atoms with Crippen LogP contribution in [0, 0.1) is 6.92 Å². The van der Waals surface area contributed by atoms with E-state index in [1.165, 1.54) is 11.1 Å². The van der Waals surface area contributed by atoms with Gasteiger partial charge in [0, 0.05) is 30.4 Å². The molecule has 1 aliphatic heterocycles. The van der Waals surface area contributed by atoms with Crippen molar-refractivity contribution in [2.75, 3.05) is 18.0 Å². The maximum absolute atomic E-state index is 12.5. The number of carbonyl (C=O) groups excluding carboxylic acids is 2. The van der Waals surface area contributed by atoms with Crippen LogP contribution >= 0.6 is 0 Å². The van der Waals surface area contributed by atoms with Gasteiger partial charge in [0.25, 0.3) is 5.91 Å². The topological polar surface area (TPSA) is 61.4 Å². The Morgan fingerprint density at radius 3 is 2.76 bits per heavy atom. The Morgan fingerprint density at radius 2 is 2.04 bits per heavy atom. The minimum atomic E-state index is -0.123. The van der Waals surface area contributed by atoms with E-state index in [0.717, 1.165) is 12.1 Å². The van der Waals surface area contributed by atoms with Gasteiger partial charge in [-0.3, -0.25) is 9.69 Å². The first-order chi connectivity index (χ1) is 12.0. The molecule has 0 spiro atoms. The molecule has 0 unspecified atom stereocenters. The highest BCUT2D eigenvalue weighted by Crippen LogP contribution is 2.18. The lowest BCUT2D eigenvalue weighted by atomic mass is 10.0. The number of nitrogens with one attached hydrogen (secondary N) is 2. The third-order valence-electron chi connectivity index (χ3n) is 4.44. The molecule has 0 saturated carbocycles. The molecule has 3 rings (SSSR count). The number of nitrogens with zero attached hydrogens (tertiary/aromatic N) is 1. The van der Waals surface area contributed by atoms with Crippen LogP contribution in [0.1, 0.15) is 28.4 Å². The fourth-order valence-corrected chi connectivity index (χ4v) is 3.06. The fraction of sp³-hybridized carbons (Fsp3) is 0.300. The highest BCUT2D eigenvalue weighted by atomic mass is 16.2. The SMILES string of the molecule is Cc1ccccc1C[C@H](C)NC(=O)c1cccc(N2CCNC2=O)c1. The zero-order valence-corrected chi connectivity index (χ0v) is 14.6. The second-order valence-corrected chi connectivity index (χ2v) is 6.44. The smallest absolute Gasteiger partial charge is 0.321 e. The number of carbonyl (C=O) groups is 2. The van der Waals surface area contributed by atoms with Gasteiger partial charge in [0.15, 0.2) is 0 Å². The van der Waals surface area contributed by atoms with E-state index in [-0.39, 0.29) is 18.0 Å². The Bertz CT molecular complexity index is 788. The summed E-state index contributed by atoms with van der Waals surface area (Å²) < 4.78 is 0. The van der Waals surface area contributed by atoms with Crippen LogP contribution in [0.25, 0.3) is 0 Å². The van der Waals surface area contributed by atoms with Gasteiger partial charge in [-0.2, -0.15) is 0 Å². The van der Waals surface area contributed by atoms with Crippen molar-refractivity contribution in [3.05, 3.63) is 65.2 Å². The van der Waals surface area contributed by atoms with Crippen LogP contribution in [0.15, 0.2) is 48.5 Å². The van der Waals surface area contributed by atoms with Crippen LogP contribution in [-0.4, -0.2) is 31.1 Å². The summed E-state index contributed by atoms with van der Waals surface area (Å²) in [5.74, 6) is -0.123. The highest BCUT2D eigenvalue weighted by molar-refractivity contribution is 5.98. The molecular formula is C20H23N3O2. The summed E-state index contributed by atoms with van der Waals surface area (Å²) in [7, 11) is 0. The number of urea groups is 1. The number of aryl methyl sites for hydroxylation is 1. The van der Waals surface area contributed by atoms with Gasteiger partial charge in [0.1, 0.15) is 0 Å². The van der Waals surface area contributed by atoms with E-state index in [0.29, 0.717) is 18.7 Å². The standard InChI is InChI=1S/C20H23N3O2/c1-14-6-3-4-7-16(14)12-15(2)22-19(24)17-8-5-9-18(13-17)23-11-10-21-20(23)25/h3-9,13,15H,10-12H2,1-2H3,(H,21,25)(H,22,24)/t15-/m0/s1. The molecule has 2 aromatic rings. The summed E-state index contributed by atoms with van der Waals surface area (Å²) in [5, 5.41) is 5.81. The summed E-state index contributed by atoms with van der Waals surface area (Å²) in [6.45, 7) is 5.33. The van der Waals surface area contributed by atoms with Crippen molar-refractivity contribution in [3.63, 3.8) is 0 Å². The van der Waals surface area contributed by atoms with Crippen LogP contribution in [0.4, 0.5) is 10.5 Å². The fourth-order valence-electron chi connectivity index (χ4n) is 3.06.